The molecule has 172 valence electrons. The first-order chi connectivity index (χ1) is 15.0. The van der Waals surface area contributed by atoms with Crippen LogP contribution in [0.15, 0.2) is 48.5 Å². The summed E-state index contributed by atoms with van der Waals surface area (Å²) in [6.07, 6.45) is -0.442. The molecule has 9 heteroatoms. The van der Waals surface area contributed by atoms with Crippen molar-refractivity contribution in [3.05, 3.63) is 65.5 Å². The number of anilines is 1. The van der Waals surface area contributed by atoms with Crippen LogP contribution in [0.1, 0.15) is 31.9 Å². The van der Waals surface area contributed by atoms with Gasteiger partial charge in [0.1, 0.15) is 11.4 Å². The van der Waals surface area contributed by atoms with Crippen LogP contribution in [0.2, 0.25) is 0 Å². The van der Waals surface area contributed by atoms with Gasteiger partial charge in [0.2, 0.25) is 5.91 Å². The standard InChI is InChI=1S/C23H29FN4O4/c1-23(2,3)32-22(31)28(4)15-17-6-5-7-19(12-17)27-20(29)14-26-21(30)25-13-16-8-10-18(24)11-9-16/h5-12H,13-15H2,1-4H3,(H,27,29)(H2,25,26,30). The van der Waals surface area contributed by atoms with Crippen molar-refractivity contribution in [3.8, 4) is 0 Å². The number of urea groups is 1. The Kier molecular flexibility index (Phi) is 8.57. The first-order valence-corrected chi connectivity index (χ1v) is 10.1. The normalized spacial score (nSPS) is 10.8. The van der Waals surface area contributed by atoms with Gasteiger partial charge in [0.15, 0.2) is 0 Å². The number of nitrogens with one attached hydrogen (secondary N) is 3. The van der Waals surface area contributed by atoms with Crippen LogP contribution in [0.4, 0.5) is 19.7 Å². The maximum absolute atomic E-state index is 12.9. The number of nitrogens with zero attached hydrogens (tertiary/aromatic N) is 1. The maximum Gasteiger partial charge on any atom is 0.410 e. The zero-order valence-corrected chi connectivity index (χ0v) is 18.7. The molecule has 0 unspecified atom stereocenters. The molecule has 0 spiro atoms. The van der Waals surface area contributed by atoms with Crippen molar-refractivity contribution in [2.75, 3.05) is 18.9 Å². The van der Waals surface area contributed by atoms with Gasteiger partial charge in [-0.2, -0.15) is 0 Å². The fourth-order valence-corrected chi connectivity index (χ4v) is 2.64. The molecule has 4 amide bonds. The highest BCUT2D eigenvalue weighted by molar-refractivity contribution is 5.94. The Bertz CT molecular complexity index is 942. The quantitative estimate of drug-likeness (QED) is 0.607. The molecular weight excluding hydrogens is 415 g/mol. The number of rotatable bonds is 7. The monoisotopic (exact) mass is 444 g/mol. The lowest BCUT2D eigenvalue weighted by Gasteiger charge is -2.24. The number of hydrogen-bond donors (Lipinski definition) is 3. The van der Waals surface area contributed by atoms with Crippen molar-refractivity contribution < 1.29 is 23.5 Å². The first kappa shape index (κ1) is 24.6. The molecule has 0 fully saturated rings. The molecular formula is C23H29FN4O4. The third kappa shape index (κ3) is 9.03. The molecule has 0 aromatic heterocycles. The lowest BCUT2D eigenvalue weighted by atomic mass is 10.2. The number of benzene rings is 2. The summed E-state index contributed by atoms with van der Waals surface area (Å²) in [6, 6.07) is 12.3. The molecule has 0 aliphatic heterocycles. The summed E-state index contributed by atoms with van der Waals surface area (Å²) >= 11 is 0. The van der Waals surface area contributed by atoms with Gasteiger partial charge in [0.05, 0.1) is 6.54 Å². The molecule has 0 aliphatic rings. The van der Waals surface area contributed by atoms with Crippen molar-refractivity contribution in [1.82, 2.24) is 15.5 Å². The fourth-order valence-electron chi connectivity index (χ4n) is 2.64. The summed E-state index contributed by atoms with van der Waals surface area (Å²) in [5, 5.41) is 7.76. The SMILES string of the molecule is CN(Cc1cccc(NC(=O)CNC(=O)NCc2ccc(F)cc2)c1)C(=O)OC(C)(C)C. The lowest BCUT2D eigenvalue weighted by Crippen LogP contribution is -2.39. The van der Waals surface area contributed by atoms with Gasteiger partial charge in [-0.1, -0.05) is 24.3 Å². The molecule has 0 saturated heterocycles. The topological polar surface area (TPSA) is 99.8 Å². The Morgan fingerprint density at radius 1 is 1.00 bits per heavy atom. The van der Waals surface area contributed by atoms with Crippen LogP contribution < -0.4 is 16.0 Å². The van der Waals surface area contributed by atoms with Crippen LogP contribution in [-0.4, -0.2) is 42.1 Å². The Labute approximate surface area is 187 Å². The second-order valence-corrected chi connectivity index (χ2v) is 8.25. The Balaban J connectivity index is 1.78. The molecule has 8 nitrogen and oxygen atoms in total. The van der Waals surface area contributed by atoms with Crippen molar-refractivity contribution in [3.63, 3.8) is 0 Å². The van der Waals surface area contributed by atoms with Crippen molar-refractivity contribution in [2.45, 2.75) is 39.5 Å². The van der Waals surface area contributed by atoms with E-state index in [0.29, 0.717) is 12.2 Å². The minimum atomic E-state index is -0.584. The maximum atomic E-state index is 12.9. The number of halogens is 1. The fraction of sp³-hybridized carbons (Fsp3) is 0.348. The number of hydrogen-bond acceptors (Lipinski definition) is 4. The molecule has 0 bridgehead atoms. The van der Waals surface area contributed by atoms with Crippen molar-refractivity contribution in [1.29, 1.82) is 0 Å². The van der Waals surface area contributed by atoms with E-state index in [1.165, 1.54) is 17.0 Å². The van der Waals surface area contributed by atoms with Crippen molar-refractivity contribution >= 4 is 23.7 Å². The van der Waals surface area contributed by atoms with Gasteiger partial charge < -0.3 is 25.6 Å². The first-order valence-electron chi connectivity index (χ1n) is 10.1. The van der Waals surface area contributed by atoms with Gasteiger partial charge >= 0.3 is 12.1 Å². The van der Waals surface area contributed by atoms with Gasteiger partial charge in [-0.3, -0.25) is 4.79 Å². The zero-order chi connectivity index (χ0) is 23.7. The Morgan fingerprint density at radius 2 is 1.69 bits per heavy atom. The molecule has 0 radical (unpaired) electrons. The van der Waals surface area contributed by atoms with E-state index in [1.54, 1.807) is 58.2 Å². The highest BCUT2D eigenvalue weighted by atomic mass is 19.1. The van der Waals surface area contributed by atoms with E-state index in [0.717, 1.165) is 11.1 Å². The third-order valence-corrected chi connectivity index (χ3v) is 4.11. The molecule has 2 rings (SSSR count). The second kappa shape index (κ2) is 11.1. The minimum absolute atomic E-state index is 0.209. The summed E-state index contributed by atoms with van der Waals surface area (Å²) in [4.78, 5) is 37.5. The number of carbonyl (C=O) groups is 3. The Hall–Kier alpha value is -3.62. The zero-order valence-electron chi connectivity index (χ0n) is 18.7. The average Bonchev–Trinajstić information content (AvgIpc) is 2.71. The molecule has 0 heterocycles. The smallest absolute Gasteiger partial charge is 0.410 e. The van der Waals surface area contributed by atoms with Gasteiger partial charge in [-0.25, -0.2) is 14.0 Å². The van der Waals surface area contributed by atoms with Gasteiger partial charge in [0.25, 0.3) is 0 Å². The van der Waals surface area contributed by atoms with Crippen molar-refractivity contribution in [2.24, 2.45) is 0 Å². The molecule has 0 aliphatic carbocycles. The average molecular weight is 445 g/mol. The number of carbonyl (C=O) groups excluding carboxylic acids is 3. The number of amides is 4. The molecule has 3 N–H and O–H groups in total. The highest BCUT2D eigenvalue weighted by Crippen LogP contribution is 2.14. The van der Waals surface area contributed by atoms with Crippen LogP contribution in [0.25, 0.3) is 0 Å². The van der Waals surface area contributed by atoms with Gasteiger partial charge in [-0.15, -0.1) is 0 Å². The molecule has 2 aromatic carbocycles. The van der Waals surface area contributed by atoms with Gasteiger partial charge in [-0.05, 0) is 56.2 Å². The summed E-state index contributed by atoms with van der Waals surface area (Å²) in [7, 11) is 1.63. The summed E-state index contributed by atoms with van der Waals surface area (Å²) in [6.45, 7) is 5.69. The van der Waals surface area contributed by atoms with E-state index in [2.05, 4.69) is 16.0 Å². The van der Waals surface area contributed by atoms with Crippen LogP contribution in [0.5, 0.6) is 0 Å². The summed E-state index contributed by atoms with van der Waals surface area (Å²) in [5.74, 6) is -0.755. The van der Waals surface area contributed by atoms with E-state index >= 15 is 0 Å². The molecule has 0 atom stereocenters. The van der Waals surface area contributed by atoms with E-state index in [9.17, 15) is 18.8 Å². The van der Waals surface area contributed by atoms with Gasteiger partial charge in [0, 0.05) is 25.8 Å². The van der Waals surface area contributed by atoms with Crippen LogP contribution in [-0.2, 0) is 22.6 Å². The summed E-state index contributed by atoms with van der Waals surface area (Å²) < 4.78 is 18.2. The third-order valence-electron chi connectivity index (χ3n) is 4.11. The largest absolute Gasteiger partial charge is 0.444 e. The van der Waals surface area contributed by atoms with Crippen LogP contribution >= 0.6 is 0 Å². The van der Waals surface area contributed by atoms with Crippen LogP contribution in [0, 0.1) is 5.82 Å². The van der Waals surface area contributed by atoms with E-state index in [4.69, 9.17) is 4.74 Å². The summed E-state index contributed by atoms with van der Waals surface area (Å²) in [5.41, 5.74) is 1.50. The molecule has 32 heavy (non-hydrogen) atoms. The highest BCUT2D eigenvalue weighted by Gasteiger charge is 2.19. The van der Waals surface area contributed by atoms with E-state index in [1.807, 2.05) is 6.07 Å². The van der Waals surface area contributed by atoms with E-state index < -0.39 is 23.6 Å². The van der Waals surface area contributed by atoms with E-state index in [-0.39, 0.29) is 18.9 Å². The van der Waals surface area contributed by atoms with Crippen LogP contribution in [0.3, 0.4) is 0 Å². The number of ether oxygens (including phenoxy) is 1. The predicted molar refractivity (Wildman–Crippen MR) is 119 cm³/mol. The molecule has 2 aromatic rings. The molecule has 0 saturated carbocycles. The second-order valence-electron chi connectivity index (χ2n) is 8.25. The minimum Gasteiger partial charge on any atom is -0.444 e. The lowest BCUT2D eigenvalue weighted by molar-refractivity contribution is -0.115. The predicted octanol–water partition coefficient (Wildman–Crippen LogP) is 3.63. The Morgan fingerprint density at radius 3 is 2.34 bits per heavy atom.